The van der Waals surface area contributed by atoms with Gasteiger partial charge in [0.05, 0.1) is 0 Å². The average molecular weight is 262 g/mol. The third-order valence-corrected chi connectivity index (χ3v) is 3.68. The molecule has 0 aromatic carbocycles. The van der Waals surface area contributed by atoms with E-state index in [-0.39, 0.29) is 0 Å². The maximum absolute atomic E-state index is 4.76. The minimum atomic E-state index is 0.877. The maximum Gasteiger partial charge on any atom is 0.137 e. The summed E-state index contributed by atoms with van der Waals surface area (Å²) in [5.74, 6) is 3.93. The van der Waals surface area contributed by atoms with Crippen molar-refractivity contribution in [1.29, 1.82) is 0 Å². The highest BCUT2D eigenvalue weighted by Gasteiger charge is 2.25. The molecule has 1 heterocycles. The predicted molar refractivity (Wildman–Crippen MR) is 80.9 cm³/mol. The summed E-state index contributed by atoms with van der Waals surface area (Å²) in [4.78, 5) is 11.8. The van der Waals surface area contributed by atoms with Gasteiger partial charge in [-0.25, -0.2) is 9.97 Å². The Bertz CT molecular complexity index is 426. The number of anilines is 2. The van der Waals surface area contributed by atoms with Gasteiger partial charge in [0, 0.05) is 31.6 Å². The van der Waals surface area contributed by atoms with Crippen molar-refractivity contribution < 1.29 is 0 Å². The van der Waals surface area contributed by atoms with Crippen LogP contribution in [0.5, 0.6) is 0 Å². The summed E-state index contributed by atoms with van der Waals surface area (Å²) in [5.41, 5.74) is 1.18. The minimum Gasteiger partial charge on any atom is -0.370 e. The van der Waals surface area contributed by atoms with Crippen LogP contribution in [-0.4, -0.2) is 29.6 Å². The van der Waals surface area contributed by atoms with Crippen LogP contribution >= 0.6 is 0 Å². The zero-order valence-corrected chi connectivity index (χ0v) is 12.7. The first kappa shape index (κ1) is 14.1. The molecule has 0 radical (unpaired) electrons. The highest BCUT2D eigenvalue weighted by Crippen LogP contribution is 2.32. The molecule has 19 heavy (non-hydrogen) atoms. The molecular weight excluding hydrogens is 236 g/mol. The van der Waals surface area contributed by atoms with Crippen LogP contribution in [0, 0.1) is 12.8 Å². The number of hydrogen-bond donors (Lipinski definition) is 1. The zero-order valence-electron chi connectivity index (χ0n) is 12.7. The Balaban J connectivity index is 2.31. The van der Waals surface area contributed by atoms with Crippen molar-refractivity contribution in [2.24, 2.45) is 5.92 Å². The second kappa shape index (κ2) is 6.22. The van der Waals surface area contributed by atoms with Gasteiger partial charge in [-0.2, -0.15) is 0 Å². The fourth-order valence-electron chi connectivity index (χ4n) is 2.33. The quantitative estimate of drug-likeness (QED) is 0.820. The summed E-state index contributed by atoms with van der Waals surface area (Å²) in [6.07, 6.45) is 3.63. The Hall–Kier alpha value is -1.32. The standard InChI is InChI=1S/C15H26N4/c1-5-13-17-14(16-6-2)11(4)15(18-13)19(7-3)10-12-8-9-12/h12H,5-10H2,1-4H3,(H,16,17,18). The van der Waals surface area contributed by atoms with Gasteiger partial charge in [-0.1, -0.05) is 6.92 Å². The van der Waals surface area contributed by atoms with Crippen molar-refractivity contribution in [1.82, 2.24) is 9.97 Å². The third-order valence-electron chi connectivity index (χ3n) is 3.68. The van der Waals surface area contributed by atoms with Crippen LogP contribution in [0.3, 0.4) is 0 Å². The van der Waals surface area contributed by atoms with Crippen LogP contribution < -0.4 is 10.2 Å². The zero-order chi connectivity index (χ0) is 13.8. The van der Waals surface area contributed by atoms with Crippen molar-refractivity contribution in [3.05, 3.63) is 11.4 Å². The first-order valence-electron chi connectivity index (χ1n) is 7.55. The molecule has 1 N–H and O–H groups in total. The van der Waals surface area contributed by atoms with Crippen LogP contribution in [0.15, 0.2) is 0 Å². The Morgan fingerprint density at radius 3 is 2.47 bits per heavy atom. The number of rotatable bonds is 7. The normalized spacial score (nSPS) is 14.5. The van der Waals surface area contributed by atoms with E-state index in [4.69, 9.17) is 4.98 Å². The molecular formula is C15H26N4. The molecule has 1 aliphatic rings. The van der Waals surface area contributed by atoms with Crippen molar-refractivity contribution in [2.75, 3.05) is 29.9 Å². The molecule has 1 saturated carbocycles. The van der Waals surface area contributed by atoms with E-state index in [0.717, 1.165) is 49.4 Å². The van der Waals surface area contributed by atoms with Gasteiger partial charge >= 0.3 is 0 Å². The molecule has 0 unspecified atom stereocenters. The molecule has 1 aromatic rings. The van der Waals surface area contributed by atoms with E-state index in [2.05, 4.69) is 42.9 Å². The first-order valence-corrected chi connectivity index (χ1v) is 7.55. The van der Waals surface area contributed by atoms with Crippen LogP contribution in [-0.2, 0) is 6.42 Å². The lowest BCUT2D eigenvalue weighted by Crippen LogP contribution is -2.28. The second-order valence-corrected chi connectivity index (χ2v) is 5.30. The van der Waals surface area contributed by atoms with Gasteiger partial charge in [0.25, 0.3) is 0 Å². The number of nitrogens with one attached hydrogen (secondary N) is 1. The summed E-state index contributed by atoms with van der Waals surface area (Å²) < 4.78 is 0. The van der Waals surface area contributed by atoms with Crippen molar-refractivity contribution >= 4 is 11.6 Å². The molecule has 1 aromatic heterocycles. The first-order chi connectivity index (χ1) is 9.19. The fraction of sp³-hybridized carbons (Fsp3) is 0.733. The van der Waals surface area contributed by atoms with E-state index in [1.54, 1.807) is 0 Å². The second-order valence-electron chi connectivity index (χ2n) is 5.30. The largest absolute Gasteiger partial charge is 0.370 e. The molecule has 1 fully saturated rings. The molecule has 0 amide bonds. The van der Waals surface area contributed by atoms with Crippen LogP contribution in [0.1, 0.15) is 45.0 Å². The SMILES string of the molecule is CCNc1nc(CC)nc(N(CC)CC2CC2)c1C. The van der Waals surface area contributed by atoms with Crippen molar-refractivity contribution in [3.63, 3.8) is 0 Å². The maximum atomic E-state index is 4.76. The molecule has 0 atom stereocenters. The van der Waals surface area contributed by atoms with Crippen LogP contribution in [0.2, 0.25) is 0 Å². The molecule has 0 bridgehead atoms. The Labute approximate surface area is 116 Å². The van der Waals surface area contributed by atoms with E-state index in [9.17, 15) is 0 Å². The highest BCUT2D eigenvalue weighted by atomic mass is 15.2. The van der Waals surface area contributed by atoms with Crippen LogP contribution in [0.25, 0.3) is 0 Å². The number of aromatic nitrogens is 2. The van der Waals surface area contributed by atoms with E-state index >= 15 is 0 Å². The molecule has 0 spiro atoms. The lowest BCUT2D eigenvalue weighted by molar-refractivity contribution is 0.722. The summed E-state index contributed by atoms with van der Waals surface area (Å²) in [6, 6.07) is 0. The van der Waals surface area contributed by atoms with Gasteiger partial charge in [0.1, 0.15) is 17.5 Å². The molecule has 4 nitrogen and oxygen atoms in total. The highest BCUT2D eigenvalue weighted by molar-refractivity contribution is 5.58. The smallest absolute Gasteiger partial charge is 0.137 e. The van der Waals surface area contributed by atoms with Crippen molar-refractivity contribution in [2.45, 2.75) is 47.0 Å². The topological polar surface area (TPSA) is 41.1 Å². The van der Waals surface area contributed by atoms with Gasteiger partial charge in [0.15, 0.2) is 0 Å². The number of nitrogens with zero attached hydrogens (tertiary/aromatic N) is 3. The van der Waals surface area contributed by atoms with E-state index < -0.39 is 0 Å². The van der Waals surface area contributed by atoms with Crippen LogP contribution in [0.4, 0.5) is 11.6 Å². The third kappa shape index (κ3) is 3.37. The van der Waals surface area contributed by atoms with Crippen molar-refractivity contribution in [3.8, 4) is 0 Å². The molecule has 0 aliphatic heterocycles. The molecule has 1 aliphatic carbocycles. The average Bonchev–Trinajstić information content (AvgIpc) is 3.23. The van der Waals surface area contributed by atoms with E-state index in [0.29, 0.717) is 0 Å². The molecule has 4 heteroatoms. The van der Waals surface area contributed by atoms with Gasteiger partial charge in [-0.15, -0.1) is 0 Å². The molecule has 106 valence electrons. The lowest BCUT2D eigenvalue weighted by Gasteiger charge is -2.25. The summed E-state index contributed by atoms with van der Waals surface area (Å²) in [5, 5.41) is 3.36. The summed E-state index contributed by atoms with van der Waals surface area (Å²) in [6.45, 7) is 11.6. The van der Waals surface area contributed by atoms with Gasteiger partial charge in [-0.05, 0) is 39.5 Å². The summed E-state index contributed by atoms with van der Waals surface area (Å²) >= 11 is 0. The van der Waals surface area contributed by atoms with Gasteiger partial charge in [-0.3, -0.25) is 0 Å². The Morgan fingerprint density at radius 2 is 1.95 bits per heavy atom. The van der Waals surface area contributed by atoms with Gasteiger partial charge < -0.3 is 10.2 Å². The predicted octanol–water partition coefficient (Wildman–Crippen LogP) is 3.02. The number of hydrogen-bond acceptors (Lipinski definition) is 4. The fourth-order valence-corrected chi connectivity index (χ4v) is 2.33. The molecule has 0 saturated heterocycles. The monoisotopic (exact) mass is 262 g/mol. The van der Waals surface area contributed by atoms with E-state index in [1.807, 2.05) is 0 Å². The lowest BCUT2D eigenvalue weighted by atomic mass is 10.2. The Kier molecular flexibility index (Phi) is 4.61. The minimum absolute atomic E-state index is 0.877. The summed E-state index contributed by atoms with van der Waals surface area (Å²) in [7, 11) is 0. The molecule has 2 rings (SSSR count). The van der Waals surface area contributed by atoms with E-state index in [1.165, 1.54) is 18.4 Å². The number of aryl methyl sites for hydroxylation is 1. The van der Waals surface area contributed by atoms with Gasteiger partial charge in [0.2, 0.25) is 0 Å². The Morgan fingerprint density at radius 1 is 1.21 bits per heavy atom.